The Kier molecular flexibility index (Phi) is 7.35. The quantitative estimate of drug-likeness (QED) is 0.177. The van der Waals surface area contributed by atoms with Crippen LogP contribution in [0, 0.1) is 29.1 Å². The van der Waals surface area contributed by atoms with Crippen LogP contribution >= 0.6 is 0 Å². The lowest BCUT2D eigenvalue weighted by molar-refractivity contribution is -0.00518. The normalized spacial score (nSPS) is 21.6. The molecule has 11 rings (SSSR count). The molecule has 4 aliphatic rings. The number of nitriles is 1. The predicted molar refractivity (Wildman–Crippen MR) is 209 cm³/mol. The van der Waals surface area contributed by atoms with Gasteiger partial charge in [-0.1, -0.05) is 103 Å². The van der Waals surface area contributed by atoms with Gasteiger partial charge in [0.1, 0.15) is 0 Å². The van der Waals surface area contributed by atoms with Gasteiger partial charge in [-0.3, -0.25) is 0 Å². The van der Waals surface area contributed by atoms with E-state index in [2.05, 4.69) is 66.7 Å². The van der Waals surface area contributed by atoms with Crippen molar-refractivity contribution in [2.45, 2.75) is 43.9 Å². The van der Waals surface area contributed by atoms with Crippen LogP contribution in [0.25, 0.3) is 67.2 Å². The molecular weight excluding hydrogens is 633 g/mol. The first kappa shape index (κ1) is 30.9. The van der Waals surface area contributed by atoms with Gasteiger partial charge in [0.15, 0.2) is 17.5 Å². The third-order valence-electron chi connectivity index (χ3n) is 12.1. The second kappa shape index (κ2) is 12.4. The van der Waals surface area contributed by atoms with Crippen molar-refractivity contribution in [3.8, 4) is 62.5 Å². The predicted octanol–water partition coefficient (Wildman–Crippen LogP) is 11.7. The summed E-state index contributed by atoms with van der Waals surface area (Å²) >= 11 is 0. The summed E-state index contributed by atoms with van der Waals surface area (Å²) in [5.41, 5.74) is 9.84. The van der Waals surface area contributed by atoms with Crippen molar-refractivity contribution < 1.29 is 0 Å². The summed E-state index contributed by atoms with van der Waals surface area (Å²) in [7, 11) is 0. The summed E-state index contributed by atoms with van der Waals surface area (Å²) in [6.45, 7) is 0. The Morgan fingerprint density at radius 3 is 1.52 bits per heavy atom. The fraction of sp³-hybridized carbons (Fsp3) is 0.208. The number of hydrogen-bond acceptors (Lipinski definition) is 4. The van der Waals surface area contributed by atoms with Gasteiger partial charge in [-0.2, -0.15) is 5.26 Å². The molecule has 0 spiro atoms. The van der Waals surface area contributed by atoms with E-state index >= 15 is 0 Å². The fourth-order valence-electron chi connectivity index (χ4n) is 10.0. The van der Waals surface area contributed by atoms with Crippen molar-refractivity contribution in [3.05, 3.63) is 151 Å². The minimum Gasteiger partial charge on any atom is -0.208 e. The highest BCUT2D eigenvalue weighted by Gasteiger charge is 2.51. The smallest absolute Gasteiger partial charge is 0.164 e. The Balaban J connectivity index is 1.12. The highest BCUT2D eigenvalue weighted by molar-refractivity contribution is 5.90. The second-order valence-corrected chi connectivity index (χ2v) is 15.5. The highest BCUT2D eigenvalue weighted by atomic mass is 15.0. The first-order valence-corrected chi connectivity index (χ1v) is 18.7. The lowest BCUT2D eigenvalue weighted by Gasteiger charge is -2.57. The van der Waals surface area contributed by atoms with Gasteiger partial charge >= 0.3 is 0 Å². The lowest BCUT2D eigenvalue weighted by atomic mass is 9.48. The third-order valence-corrected chi connectivity index (χ3v) is 12.1. The number of benzene rings is 6. The molecule has 4 nitrogen and oxygen atoms in total. The molecule has 0 unspecified atom stereocenters. The molecule has 0 atom stereocenters. The maximum atomic E-state index is 9.61. The van der Waals surface area contributed by atoms with Crippen LogP contribution in [0.1, 0.15) is 49.7 Å². The number of nitrogens with zero attached hydrogens (tertiary/aromatic N) is 4. The van der Waals surface area contributed by atoms with Crippen molar-refractivity contribution in [2.75, 3.05) is 0 Å². The van der Waals surface area contributed by atoms with Crippen molar-refractivity contribution >= 4 is 10.8 Å². The number of fused-ring (bicyclic) bond motifs is 1. The minimum absolute atomic E-state index is 0.361. The van der Waals surface area contributed by atoms with E-state index in [-0.39, 0.29) is 0 Å². The molecule has 4 aliphatic carbocycles. The SMILES string of the molecule is N#Cc1ccc2ccc(-c3cc(-c4ccc(C56CC7CC(CC(C7)C5)C6)cc4)cc(-c4nc(-c5ccccc5)nc(-c5ccccc5)n4)c3)cc2c1. The number of aromatic nitrogens is 3. The van der Waals surface area contributed by atoms with Gasteiger partial charge in [-0.25, -0.2) is 15.0 Å². The van der Waals surface area contributed by atoms with E-state index in [0.29, 0.717) is 28.5 Å². The molecular formula is C48H38N4. The summed E-state index contributed by atoms with van der Waals surface area (Å²) in [5.74, 6) is 4.67. The summed E-state index contributed by atoms with van der Waals surface area (Å²) in [4.78, 5) is 15.2. The van der Waals surface area contributed by atoms with Crippen LogP contribution in [0.2, 0.25) is 0 Å². The van der Waals surface area contributed by atoms with Crippen LogP contribution in [0.4, 0.5) is 0 Å². The van der Waals surface area contributed by atoms with E-state index in [1.165, 1.54) is 49.7 Å². The largest absolute Gasteiger partial charge is 0.208 e. The Bertz CT molecular complexity index is 2400. The molecule has 4 saturated carbocycles. The Morgan fingerprint density at radius 2 is 0.942 bits per heavy atom. The molecule has 250 valence electrons. The van der Waals surface area contributed by atoms with Crippen LogP contribution in [0.5, 0.6) is 0 Å². The standard InChI is InChI=1S/C48H38N4/c49-30-31-11-12-35-13-14-39(23-40(35)22-31)42-24-41(36-15-17-44(18-16-36)48-27-32-19-33(28-48)21-34(20-32)29-48)25-43(26-42)47-51-45(37-7-3-1-4-8-37)50-46(52-47)38-9-5-2-6-10-38/h1-18,22-26,32-34H,19-21,27-29H2. The number of rotatable bonds is 6. The summed E-state index contributed by atoms with van der Waals surface area (Å²) in [5, 5.41) is 11.8. The molecule has 0 radical (unpaired) electrons. The summed E-state index contributed by atoms with van der Waals surface area (Å²) < 4.78 is 0. The molecule has 7 aromatic rings. The van der Waals surface area contributed by atoms with Gasteiger partial charge in [-0.05, 0) is 137 Å². The van der Waals surface area contributed by atoms with Gasteiger partial charge in [0.05, 0.1) is 11.6 Å². The topological polar surface area (TPSA) is 62.5 Å². The maximum Gasteiger partial charge on any atom is 0.164 e. The van der Waals surface area contributed by atoms with Crippen molar-refractivity contribution in [3.63, 3.8) is 0 Å². The zero-order chi connectivity index (χ0) is 34.6. The van der Waals surface area contributed by atoms with Crippen LogP contribution < -0.4 is 0 Å². The van der Waals surface area contributed by atoms with Crippen molar-refractivity contribution in [1.29, 1.82) is 5.26 Å². The maximum absolute atomic E-state index is 9.61. The molecule has 0 N–H and O–H groups in total. The Morgan fingerprint density at radius 1 is 0.442 bits per heavy atom. The van der Waals surface area contributed by atoms with Gasteiger partial charge in [-0.15, -0.1) is 0 Å². The van der Waals surface area contributed by atoms with E-state index < -0.39 is 0 Å². The minimum atomic E-state index is 0.361. The molecule has 0 aliphatic heterocycles. The Hall–Kier alpha value is -5.92. The summed E-state index contributed by atoms with van der Waals surface area (Å²) in [6, 6.07) is 51.2. The zero-order valence-electron chi connectivity index (χ0n) is 29.0. The van der Waals surface area contributed by atoms with Crippen LogP contribution in [-0.2, 0) is 5.41 Å². The molecule has 4 bridgehead atoms. The average molecular weight is 671 g/mol. The first-order chi connectivity index (χ1) is 25.6. The molecule has 52 heavy (non-hydrogen) atoms. The van der Waals surface area contributed by atoms with E-state index in [9.17, 15) is 5.26 Å². The molecule has 4 fully saturated rings. The van der Waals surface area contributed by atoms with Gasteiger partial charge in [0, 0.05) is 16.7 Å². The van der Waals surface area contributed by atoms with Crippen LogP contribution in [-0.4, -0.2) is 15.0 Å². The molecule has 0 saturated heterocycles. The van der Waals surface area contributed by atoms with E-state index in [0.717, 1.165) is 61.9 Å². The van der Waals surface area contributed by atoms with Gasteiger partial charge < -0.3 is 0 Å². The van der Waals surface area contributed by atoms with Gasteiger partial charge in [0.2, 0.25) is 0 Å². The monoisotopic (exact) mass is 670 g/mol. The van der Waals surface area contributed by atoms with Crippen LogP contribution in [0.3, 0.4) is 0 Å². The van der Waals surface area contributed by atoms with Gasteiger partial charge in [0.25, 0.3) is 0 Å². The molecule has 1 heterocycles. The number of hydrogen-bond donors (Lipinski definition) is 0. The van der Waals surface area contributed by atoms with Crippen molar-refractivity contribution in [1.82, 2.24) is 15.0 Å². The molecule has 1 aromatic heterocycles. The molecule has 0 amide bonds. The third kappa shape index (κ3) is 5.58. The van der Waals surface area contributed by atoms with E-state index in [1.54, 1.807) is 0 Å². The lowest BCUT2D eigenvalue weighted by Crippen LogP contribution is -2.48. The van der Waals surface area contributed by atoms with E-state index in [1.807, 2.05) is 78.9 Å². The molecule has 4 heteroatoms. The second-order valence-electron chi connectivity index (χ2n) is 15.5. The van der Waals surface area contributed by atoms with E-state index in [4.69, 9.17) is 15.0 Å². The van der Waals surface area contributed by atoms with Crippen LogP contribution in [0.15, 0.2) is 140 Å². The summed E-state index contributed by atoms with van der Waals surface area (Å²) in [6.07, 6.45) is 8.44. The van der Waals surface area contributed by atoms with Crippen molar-refractivity contribution in [2.24, 2.45) is 17.8 Å². The zero-order valence-corrected chi connectivity index (χ0v) is 29.0. The fourth-order valence-corrected chi connectivity index (χ4v) is 10.0. The average Bonchev–Trinajstić information content (AvgIpc) is 3.20. The molecule has 6 aromatic carbocycles. The Labute approximate surface area is 304 Å². The first-order valence-electron chi connectivity index (χ1n) is 18.7. The highest BCUT2D eigenvalue weighted by Crippen LogP contribution is 2.60.